The van der Waals surface area contributed by atoms with Gasteiger partial charge in [-0.05, 0) is 36.1 Å². The number of aromatic amines is 1. The lowest BCUT2D eigenvalue weighted by molar-refractivity contribution is 0.0929. The third-order valence-electron chi connectivity index (χ3n) is 3.78. The van der Waals surface area contributed by atoms with Gasteiger partial charge in [0.05, 0.1) is 24.6 Å². The van der Waals surface area contributed by atoms with Crippen LogP contribution >= 0.6 is 0 Å². The van der Waals surface area contributed by atoms with Crippen molar-refractivity contribution in [2.45, 2.75) is 20.3 Å². The first kappa shape index (κ1) is 17.0. The first-order valence-electron chi connectivity index (χ1n) is 7.54. The van der Waals surface area contributed by atoms with Crippen LogP contribution in [0.4, 0.5) is 0 Å². The summed E-state index contributed by atoms with van der Waals surface area (Å²) in [4.78, 5) is 12.4. The van der Waals surface area contributed by atoms with Crippen LogP contribution < -0.4 is 10.1 Å². The van der Waals surface area contributed by atoms with Gasteiger partial charge in [-0.25, -0.2) is 0 Å². The van der Waals surface area contributed by atoms with E-state index in [2.05, 4.69) is 15.5 Å². The number of aliphatic hydroxyl groups excluding tert-OH is 1. The molecule has 0 aliphatic carbocycles. The van der Waals surface area contributed by atoms with Crippen molar-refractivity contribution in [3.05, 3.63) is 36.0 Å². The molecular formula is C17H23N3O3. The van der Waals surface area contributed by atoms with Crippen molar-refractivity contribution < 1.29 is 14.6 Å². The average Bonchev–Trinajstić information content (AvgIpc) is 3.02. The maximum atomic E-state index is 12.4. The smallest absolute Gasteiger partial charge is 0.255 e. The number of benzene rings is 1. The number of hydrogen-bond acceptors (Lipinski definition) is 4. The van der Waals surface area contributed by atoms with Crippen molar-refractivity contribution >= 4 is 5.91 Å². The molecule has 2 aromatic rings. The average molecular weight is 317 g/mol. The van der Waals surface area contributed by atoms with Gasteiger partial charge in [0.1, 0.15) is 5.75 Å². The zero-order valence-electron chi connectivity index (χ0n) is 13.7. The molecule has 0 fully saturated rings. The Bertz CT molecular complexity index is 647. The molecule has 0 aliphatic heterocycles. The van der Waals surface area contributed by atoms with Crippen molar-refractivity contribution in [3.8, 4) is 17.0 Å². The summed E-state index contributed by atoms with van der Waals surface area (Å²) >= 11 is 0. The molecule has 6 nitrogen and oxygen atoms in total. The van der Waals surface area contributed by atoms with Gasteiger partial charge < -0.3 is 15.2 Å². The van der Waals surface area contributed by atoms with E-state index in [1.54, 1.807) is 7.11 Å². The number of H-pyrrole nitrogens is 1. The Morgan fingerprint density at radius 2 is 2.04 bits per heavy atom. The number of hydrogen-bond donors (Lipinski definition) is 3. The fourth-order valence-electron chi connectivity index (χ4n) is 2.24. The number of methoxy groups -OCH3 is 1. The summed E-state index contributed by atoms with van der Waals surface area (Å²) in [6, 6.07) is 7.42. The second-order valence-corrected chi connectivity index (χ2v) is 6.21. The van der Waals surface area contributed by atoms with Crippen LogP contribution in [0.25, 0.3) is 11.3 Å². The van der Waals surface area contributed by atoms with Crippen LogP contribution in [0, 0.1) is 5.41 Å². The van der Waals surface area contributed by atoms with E-state index in [0.29, 0.717) is 24.2 Å². The largest absolute Gasteiger partial charge is 0.497 e. The minimum Gasteiger partial charge on any atom is -0.497 e. The fourth-order valence-corrected chi connectivity index (χ4v) is 2.24. The number of aliphatic hydroxyl groups is 1. The first-order valence-corrected chi connectivity index (χ1v) is 7.54. The Kier molecular flexibility index (Phi) is 5.39. The molecule has 0 unspecified atom stereocenters. The quantitative estimate of drug-likeness (QED) is 0.731. The van der Waals surface area contributed by atoms with E-state index >= 15 is 0 Å². The van der Waals surface area contributed by atoms with Crippen LogP contribution in [-0.4, -0.2) is 41.5 Å². The van der Waals surface area contributed by atoms with Crippen LogP contribution in [0.15, 0.2) is 30.5 Å². The molecule has 2 rings (SSSR count). The third-order valence-corrected chi connectivity index (χ3v) is 3.78. The molecule has 1 amide bonds. The molecule has 0 saturated heterocycles. The van der Waals surface area contributed by atoms with E-state index in [0.717, 1.165) is 11.3 Å². The summed E-state index contributed by atoms with van der Waals surface area (Å²) in [5.74, 6) is 0.570. The first-order chi connectivity index (χ1) is 11.0. The van der Waals surface area contributed by atoms with Crippen LogP contribution in [0.1, 0.15) is 30.6 Å². The minimum absolute atomic E-state index is 0.103. The fraction of sp³-hybridized carbons (Fsp3) is 0.412. The molecule has 1 aromatic heterocycles. The van der Waals surface area contributed by atoms with Crippen molar-refractivity contribution in [2.75, 3.05) is 20.3 Å². The highest BCUT2D eigenvalue weighted by molar-refractivity contribution is 5.99. The molecule has 124 valence electrons. The number of nitrogens with one attached hydrogen (secondary N) is 2. The summed E-state index contributed by atoms with van der Waals surface area (Å²) in [6.45, 7) is 4.60. The second-order valence-electron chi connectivity index (χ2n) is 6.21. The summed E-state index contributed by atoms with van der Waals surface area (Å²) < 4.78 is 5.14. The molecule has 1 aromatic carbocycles. The van der Waals surface area contributed by atoms with Gasteiger partial charge in [0.2, 0.25) is 0 Å². The number of amides is 1. The summed E-state index contributed by atoms with van der Waals surface area (Å²) in [5.41, 5.74) is 1.87. The number of carbonyl (C=O) groups is 1. The predicted octanol–water partition coefficient (Wildman–Crippen LogP) is 2.22. The zero-order valence-corrected chi connectivity index (χ0v) is 13.7. The summed E-state index contributed by atoms with van der Waals surface area (Å²) in [5, 5.41) is 18.8. The molecule has 0 radical (unpaired) electrons. The Labute approximate surface area is 135 Å². The Hall–Kier alpha value is -2.34. The molecule has 0 aliphatic rings. The molecule has 23 heavy (non-hydrogen) atoms. The normalized spacial score (nSPS) is 11.3. The molecule has 0 spiro atoms. The van der Waals surface area contributed by atoms with Crippen molar-refractivity contribution in [3.63, 3.8) is 0 Å². The molecule has 0 bridgehead atoms. The summed E-state index contributed by atoms with van der Waals surface area (Å²) in [7, 11) is 1.61. The monoisotopic (exact) mass is 317 g/mol. The van der Waals surface area contributed by atoms with Gasteiger partial charge in [-0.2, -0.15) is 5.10 Å². The van der Waals surface area contributed by atoms with Gasteiger partial charge in [-0.15, -0.1) is 0 Å². The van der Waals surface area contributed by atoms with Crippen LogP contribution in [0.3, 0.4) is 0 Å². The van der Waals surface area contributed by atoms with E-state index in [4.69, 9.17) is 9.84 Å². The SMILES string of the molecule is COc1ccc(-c2[nH]ncc2C(=O)NCC(C)(C)CCO)cc1. The third kappa shape index (κ3) is 4.32. The Morgan fingerprint density at radius 3 is 2.65 bits per heavy atom. The van der Waals surface area contributed by atoms with E-state index < -0.39 is 0 Å². The maximum absolute atomic E-state index is 12.4. The molecule has 0 saturated carbocycles. The van der Waals surface area contributed by atoms with E-state index in [9.17, 15) is 4.79 Å². The minimum atomic E-state index is -0.185. The Balaban J connectivity index is 2.12. The highest BCUT2D eigenvalue weighted by Gasteiger charge is 2.21. The highest BCUT2D eigenvalue weighted by Crippen LogP contribution is 2.24. The van der Waals surface area contributed by atoms with E-state index in [1.165, 1.54) is 6.20 Å². The standard InChI is InChI=1S/C17H23N3O3/c1-17(2,8-9-21)11-18-16(22)14-10-19-20-15(14)12-4-6-13(23-3)7-5-12/h4-7,10,21H,8-9,11H2,1-3H3,(H,18,22)(H,19,20). The number of ether oxygens (including phenoxy) is 1. The molecule has 0 atom stereocenters. The number of rotatable bonds is 7. The second kappa shape index (κ2) is 7.28. The zero-order chi connectivity index (χ0) is 16.9. The highest BCUT2D eigenvalue weighted by atomic mass is 16.5. The van der Waals surface area contributed by atoms with Crippen LogP contribution in [0.5, 0.6) is 5.75 Å². The van der Waals surface area contributed by atoms with Crippen molar-refractivity contribution in [1.29, 1.82) is 0 Å². The molecular weight excluding hydrogens is 294 g/mol. The van der Waals surface area contributed by atoms with Crippen LogP contribution in [0.2, 0.25) is 0 Å². The Morgan fingerprint density at radius 1 is 1.35 bits per heavy atom. The number of nitrogens with zero attached hydrogens (tertiary/aromatic N) is 1. The van der Waals surface area contributed by atoms with Gasteiger partial charge in [-0.3, -0.25) is 9.89 Å². The molecule has 3 N–H and O–H groups in total. The number of carbonyl (C=O) groups excluding carboxylic acids is 1. The topological polar surface area (TPSA) is 87.2 Å². The lowest BCUT2D eigenvalue weighted by atomic mass is 9.89. The van der Waals surface area contributed by atoms with E-state index in [1.807, 2.05) is 38.1 Å². The lowest BCUT2D eigenvalue weighted by Crippen LogP contribution is -2.34. The van der Waals surface area contributed by atoms with Gasteiger partial charge in [-0.1, -0.05) is 13.8 Å². The van der Waals surface area contributed by atoms with Gasteiger partial charge in [0, 0.05) is 18.7 Å². The van der Waals surface area contributed by atoms with Crippen molar-refractivity contribution in [2.24, 2.45) is 5.41 Å². The number of aromatic nitrogens is 2. The van der Waals surface area contributed by atoms with E-state index in [-0.39, 0.29) is 17.9 Å². The summed E-state index contributed by atoms with van der Waals surface area (Å²) in [6.07, 6.45) is 2.15. The van der Waals surface area contributed by atoms with Gasteiger partial charge in [0.25, 0.3) is 5.91 Å². The van der Waals surface area contributed by atoms with Gasteiger partial charge >= 0.3 is 0 Å². The molecule has 6 heteroatoms. The van der Waals surface area contributed by atoms with Crippen molar-refractivity contribution in [1.82, 2.24) is 15.5 Å². The molecule has 1 heterocycles. The predicted molar refractivity (Wildman–Crippen MR) is 88.4 cm³/mol. The lowest BCUT2D eigenvalue weighted by Gasteiger charge is -2.23. The van der Waals surface area contributed by atoms with Crippen LogP contribution in [-0.2, 0) is 0 Å². The maximum Gasteiger partial charge on any atom is 0.255 e. The van der Waals surface area contributed by atoms with Gasteiger partial charge in [0.15, 0.2) is 0 Å².